The van der Waals surface area contributed by atoms with E-state index in [0.29, 0.717) is 11.3 Å². The first-order chi connectivity index (χ1) is 12.7. The molecule has 0 aliphatic rings. The molecule has 0 bridgehead atoms. The van der Waals surface area contributed by atoms with Crippen LogP contribution in [-0.4, -0.2) is 20.9 Å². The van der Waals surface area contributed by atoms with Gasteiger partial charge in [-0.15, -0.1) is 0 Å². The Morgan fingerprint density at radius 2 is 1.81 bits per heavy atom. The van der Waals surface area contributed by atoms with E-state index in [9.17, 15) is 4.79 Å². The summed E-state index contributed by atoms with van der Waals surface area (Å²) in [6.07, 6.45) is 4.47. The highest BCUT2D eigenvalue weighted by molar-refractivity contribution is 6.30. The van der Waals surface area contributed by atoms with E-state index < -0.39 is 5.97 Å². The molecule has 0 fully saturated rings. The number of benzene rings is 1. The number of ether oxygens (including phenoxy) is 2. The van der Waals surface area contributed by atoms with Crippen molar-refractivity contribution in [2.75, 3.05) is 0 Å². The van der Waals surface area contributed by atoms with Crippen LogP contribution < -0.4 is 9.47 Å². The first-order valence-corrected chi connectivity index (χ1v) is 8.09. The second-order valence-corrected chi connectivity index (χ2v) is 5.40. The third-order valence-electron chi connectivity index (χ3n) is 3.35. The van der Waals surface area contributed by atoms with Crippen LogP contribution in [0.15, 0.2) is 67.1 Å². The zero-order chi connectivity index (χ0) is 18.4. The number of carbonyl (C=O) groups is 1. The van der Waals surface area contributed by atoms with Gasteiger partial charge in [0.2, 0.25) is 11.8 Å². The Bertz CT molecular complexity index is 946. The summed E-state index contributed by atoms with van der Waals surface area (Å²) in [5, 5.41) is 0.199. The topological polar surface area (TPSA) is 74.2 Å². The van der Waals surface area contributed by atoms with E-state index >= 15 is 0 Å². The first kappa shape index (κ1) is 17.6. The van der Waals surface area contributed by atoms with Gasteiger partial charge in [0, 0.05) is 6.20 Å². The number of aromatic nitrogens is 3. The van der Waals surface area contributed by atoms with Gasteiger partial charge in [0.1, 0.15) is 6.33 Å². The summed E-state index contributed by atoms with van der Waals surface area (Å²) in [5.74, 6) is 0.0565. The maximum absolute atomic E-state index is 12.4. The molecule has 0 radical (unpaired) electrons. The summed E-state index contributed by atoms with van der Waals surface area (Å²) in [5.41, 5.74) is 1.19. The average Bonchev–Trinajstić information content (AvgIpc) is 2.65. The van der Waals surface area contributed by atoms with Gasteiger partial charge < -0.3 is 9.47 Å². The lowest BCUT2D eigenvalue weighted by Gasteiger charge is -2.09. The highest BCUT2D eigenvalue weighted by Crippen LogP contribution is 2.27. The van der Waals surface area contributed by atoms with Crippen molar-refractivity contribution in [3.05, 3.63) is 77.8 Å². The highest BCUT2D eigenvalue weighted by atomic mass is 35.5. The highest BCUT2D eigenvalue weighted by Gasteiger charge is 2.15. The zero-order valence-corrected chi connectivity index (χ0v) is 14.6. The summed E-state index contributed by atoms with van der Waals surface area (Å²) in [4.78, 5) is 24.3. The number of carbonyl (C=O) groups excluding carboxylic acids is 1. The van der Waals surface area contributed by atoms with E-state index in [4.69, 9.17) is 21.1 Å². The molecule has 130 valence electrons. The van der Waals surface area contributed by atoms with Crippen LogP contribution in [0.3, 0.4) is 0 Å². The van der Waals surface area contributed by atoms with E-state index in [-0.39, 0.29) is 16.9 Å². The van der Waals surface area contributed by atoms with Crippen molar-refractivity contribution < 1.29 is 14.3 Å². The summed E-state index contributed by atoms with van der Waals surface area (Å²) in [6.45, 7) is 1.77. The predicted molar refractivity (Wildman–Crippen MR) is 97.1 cm³/mol. The van der Waals surface area contributed by atoms with Crippen LogP contribution >= 0.6 is 11.6 Å². The lowest BCUT2D eigenvalue weighted by Crippen LogP contribution is -2.11. The maximum Gasteiger partial charge on any atom is 0.345 e. The smallest absolute Gasteiger partial charge is 0.345 e. The molecule has 0 saturated heterocycles. The Hall–Kier alpha value is -3.25. The molecule has 6 nitrogen and oxygen atoms in total. The Morgan fingerprint density at radius 3 is 2.54 bits per heavy atom. The fourth-order valence-corrected chi connectivity index (χ4v) is 2.32. The van der Waals surface area contributed by atoms with Gasteiger partial charge in [0.25, 0.3) is 0 Å². The number of pyridine rings is 1. The molecule has 0 unspecified atom stereocenters. The molecular weight excluding hydrogens is 354 g/mol. The second kappa shape index (κ2) is 8.22. The van der Waals surface area contributed by atoms with Gasteiger partial charge in [-0.1, -0.05) is 48.0 Å². The average molecular weight is 368 g/mol. The second-order valence-electron chi connectivity index (χ2n) is 5.05. The minimum absolute atomic E-state index is 0.0651. The molecule has 2 heterocycles. The number of rotatable bonds is 5. The Labute approximate surface area is 155 Å². The molecule has 0 atom stereocenters. The van der Waals surface area contributed by atoms with Crippen molar-refractivity contribution in [3.63, 3.8) is 0 Å². The van der Waals surface area contributed by atoms with E-state index in [1.54, 1.807) is 31.3 Å². The minimum atomic E-state index is -0.525. The van der Waals surface area contributed by atoms with Gasteiger partial charge in [-0.05, 0) is 24.6 Å². The molecule has 3 aromatic rings. The molecular formula is C19H14ClN3O3. The molecule has 1 aromatic carbocycles. The Kier molecular flexibility index (Phi) is 5.56. The Morgan fingerprint density at radius 1 is 1.04 bits per heavy atom. The van der Waals surface area contributed by atoms with Crippen LogP contribution in [0.1, 0.15) is 12.5 Å². The fourth-order valence-electron chi connectivity index (χ4n) is 2.16. The predicted octanol–water partition coefficient (Wildman–Crippen LogP) is 4.33. The first-order valence-electron chi connectivity index (χ1n) is 7.71. The number of allylic oxidation sites excluding steroid dienone is 1. The molecule has 0 N–H and O–H groups in total. The van der Waals surface area contributed by atoms with Gasteiger partial charge in [0.05, 0.1) is 11.6 Å². The zero-order valence-electron chi connectivity index (χ0n) is 13.8. The molecule has 0 aliphatic carbocycles. The van der Waals surface area contributed by atoms with E-state index in [2.05, 4.69) is 15.0 Å². The van der Waals surface area contributed by atoms with Crippen LogP contribution in [-0.2, 0) is 4.79 Å². The summed E-state index contributed by atoms with van der Waals surface area (Å²) >= 11 is 5.95. The molecule has 26 heavy (non-hydrogen) atoms. The van der Waals surface area contributed by atoms with E-state index in [1.807, 2.05) is 30.3 Å². The summed E-state index contributed by atoms with van der Waals surface area (Å²) in [6, 6.07) is 14.0. The van der Waals surface area contributed by atoms with Crippen molar-refractivity contribution >= 4 is 23.1 Å². The largest absolute Gasteiger partial charge is 0.436 e. The van der Waals surface area contributed by atoms with Crippen molar-refractivity contribution in [3.8, 4) is 17.5 Å². The molecule has 3 rings (SSSR count). The van der Waals surface area contributed by atoms with Gasteiger partial charge in [-0.3, -0.25) is 0 Å². The van der Waals surface area contributed by atoms with Crippen molar-refractivity contribution in [1.29, 1.82) is 0 Å². The number of halogens is 1. The van der Waals surface area contributed by atoms with Gasteiger partial charge >= 0.3 is 5.97 Å². The normalized spacial score (nSPS) is 11.1. The van der Waals surface area contributed by atoms with Crippen LogP contribution in [0.5, 0.6) is 17.5 Å². The monoisotopic (exact) mass is 367 g/mol. The number of esters is 1. The minimum Gasteiger partial charge on any atom is -0.436 e. The quantitative estimate of drug-likeness (QED) is 0.379. The molecule has 2 aromatic heterocycles. The summed E-state index contributed by atoms with van der Waals surface area (Å²) < 4.78 is 10.9. The number of hydrogen-bond donors (Lipinski definition) is 0. The van der Waals surface area contributed by atoms with Gasteiger partial charge in [-0.25, -0.2) is 19.7 Å². The molecule has 0 saturated carbocycles. The van der Waals surface area contributed by atoms with Gasteiger partial charge in [0.15, 0.2) is 10.9 Å². The lowest BCUT2D eigenvalue weighted by atomic mass is 10.1. The standard InChI is InChI=1S/C19H14ClN3O3/c1-2-14(13-7-4-3-5-8-13)19(24)26-17-11-16(22-12-23-17)25-15-9-6-10-21-18(15)20/h2-12H,1H3. The summed E-state index contributed by atoms with van der Waals surface area (Å²) in [7, 11) is 0. The van der Waals surface area contributed by atoms with Gasteiger partial charge in [-0.2, -0.15) is 0 Å². The van der Waals surface area contributed by atoms with Crippen LogP contribution in [0, 0.1) is 0 Å². The molecule has 0 aliphatic heterocycles. The van der Waals surface area contributed by atoms with Crippen molar-refractivity contribution in [2.45, 2.75) is 6.92 Å². The van der Waals surface area contributed by atoms with Crippen molar-refractivity contribution in [1.82, 2.24) is 15.0 Å². The third kappa shape index (κ3) is 4.23. The Balaban J connectivity index is 1.76. The molecule has 7 heteroatoms. The maximum atomic E-state index is 12.4. The number of hydrogen-bond acceptors (Lipinski definition) is 6. The fraction of sp³-hybridized carbons (Fsp3) is 0.0526. The van der Waals surface area contributed by atoms with E-state index in [1.165, 1.54) is 12.4 Å². The SMILES string of the molecule is CC=C(C(=O)Oc1cc(Oc2cccnc2Cl)ncn1)c1ccccc1. The van der Waals surface area contributed by atoms with E-state index in [0.717, 1.165) is 5.56 Å². The lowest BCUT2D eigenvalue weighted by molar-refractivity contribution is -0.128. The number of nitrogens with zero attached hydrogens (tertiary/aromatic N) is 3. The van der Waals surface area contributed by atoms with Crippen LogP contribution in [0.2, 0.25) is 5.15 Å². The van der Waals surface area contributed by atoms with Crippen molar-refractivity contribution in [2.24, 2.45) is 0 Å². The van der Waals surface area contributed by atoms with Crippen LogP contribution in [0.25, 0.3) is 5.57 Å². The van der Waals surface area contributed by atoms with Crippen LogP contribution in [0.4, 0.5) is 0 Å². The molecule has 0 spiro atoms. The molecule has 0 amide bonds. The third-order valence-corrected chi connectivity index (χ3v) is 3.63.